The SMILES string of the molecule is Cc1nc(N2CCC(C(N)=O)CC2)c2c3c(sc2n1)C[C@H](C)CC3. The van der Waals surface area contributed by atoms with Crippen LogP contribution in [0, 0.1) is 18.8 Å². The summed E-state index contributed by atoms with van der Waals surface area (Å²) in [6.07, 6.45) is 5.19. The summed E-state index contributed by atoms with van der Waals surface area (Å²) in [5, 5.41) is 1.27. The zero-order valence-electron chi connectivity index (χ0n) is 14.3. The number of thiophene rings is 1. The molecule has 4 rings (SSSR count). The number of rotatable bonds is 2. The summed E-state index contributed by atoms with van der Waals surface area (Å²) in [6.45, 7) is 6.00. The van der Waals surface area contributed by atoms with Crippen LogP contribution in [0.3, 0.4) is 0 Å². The first-order valence-corrected chi connectivity index (χ1v) is 9.67. The Morgan fingerprint density at radius 3 is 2.71 bits per heavy atom. The molecule has 2 aromatic rings. The highest BCUT2D eigenvalue weighted by molar-refractivity contribution is 7.19. The Labute approximate surface area is 146 Å². The van der Waals surface area contributed by atoms with Gasteiger partial charge in [0.2, 0.25) is 5.91 Å². The first-order valence-electron chi connectivity index (χ1n) is 8.86. The van der Waals surface area contributed by atoms with E-state index in [0.717, 1.165) is 54.7 Å². The van der Waals surface area contributed by atoms with E-state index in [1.165, 1.54) is 28.7 Å². The average molecular weight is 344 g/mol. The van der Waals surface area contributed by atoms with E-state index in [-0.39, 0.29) is 11.8 Å². The van der Waals surface area contributed by atoms with Crippen LogP contribution >= 0.6 is 11.3 Å². The van der Waals surface area contributed by atoms with Gasteiger partial charge in [-0.1, -0.05) is 6.92 Å². The van der Waals surface area contributed by atoms with Gasteiger partial charge in [0.25, 0.3) is 0 Å². The van der Waals surface area contributed by atoms with Crippen molar-refractivity contribution < 1.29 is 4.79 Å². The minimum Gasteiger partial charge on any atom is -0.369 e. The van der Waals surface area contributed by atoms with Gasteiger partial charge >= 0.3 is 0 Å². The van der Waals surface area contributed by atoms with E-state index in [1.54, 1.807) is 0 Å². The molecule has 1 saturated heterocycles. The van der Waals surface area contributed by atoms with Crippen LogP contribution in [0.15, 0.2) is 0 Å². The molecule has 2 aliphatic rings. The van der Waals surface area contributed by atoms with Crippen molar-refractivity contribution >= 4 is 33.3 Å². The molecule has 0 spiro atoms. The van der Waals surface area contributed by atoms with Gasteiger partial charge in [0.05, 0.1) is 5.39 Å². The zero-order chi connectivity index (χ0) is 16.8. The lowest BCUT2D eigenvalue weighted by molar-refractivity contribution is -0.122. The highest BCUT2D eigenvalue weighted by Crippen LogP contribution is 2.41. The highest BCUT2D eigenvalue weighted by atomic mass is 32.1. The number of aromatic nitrogens is 2. The molecule has 0 unspecified atom stereocenters. The van der Waals surface area contributed by atoms with Crippen molar-refractivity contribution in [3.63, 3.8) is 0 Å². The van der Waals surface area contributed by atoms with Crippen LogP contribution in [0.1, 0.15) is 42.5 Å². The Morgan fingerprint density at radius 2 is 2.00 bits per heavy atom. The van der Waals surface area contributed by atoms with Crippen molar-refractivity contribution in [1.29, 1.82) is 0 Å². The summed E-state index contributed by atoms with van der Waals surface area (Å²) in [6, 6.07) is 0. The summed E-state index contributed by atoms with van der Waals surface area (Å²) in [5.74, 6) is 2.51. The first kappa shape index (κ1) is 15.8. The van der Waals surface area contributed by atoms with Gasteiger partial charge in [-0.15, -0.1) is 11.3 Å². The minimum absolute atomic E-state index is 0.0110. The molecule has 128 valence electrons. The van der Waals surface area contributed by atoms with Crippen molar-refractivity contribution in [1.82, 2.24) is 9.97 Å². The normalized spacial score (nSPS) is 21.9. The molecule has 1 amide bonds. The summed E-state index contributed by atoms with van der Waals surface area (Å²) < 4.78 is 0. The molecular weight excluding hydrogens is 320 g/mol. The van der Waals surface area contributed by atoms with Crippen LogP contribution in [-0.2, 0) is 17.6 Å². The van der Waals surface area contributed by atoms with E-state index >= 15 is 0 Å². The van der Waals surface area contributed by atoms with Gasteiger partial charge in [0.1, 0.15) is 16.5 Å². The second-order valence-electron chi connectivity index (χ2n) is 7.29. The Morgan fingerprint density at radius 1 is 1.25 bits per heavy atom. The molecule has 0 aromatic carbocycles. The predicted octanol–water partition coefficient (Wildman–Crippen LogP) is 2.83. The molecule has 1 aliphatic heterocycles. The topological polar surface area (TPSA) is 72.1 Å². The van der Waals surface area contributed by atoms with Crippen molar-refractivity contribution in [2.45, 2.75) is 46.0 Å². The summed E-state index contributed by atoms with van der Waals surface area (Å²) in [5.41, 5.74) is 6.94. The standard InChI is InChI=1S/C18H24N4OS/c1-10-3-4-13-14(9-10)24-18-15(13)17(20-11(2)21-18)22-7-5-12(6-8-22)16(19)23/h10,12H,3-9H2,1-2H3,(H2,19,23)/t10-/m1/s1. The number of aryl methyl sites for hydroxylation is 2. The molecule has 24 heavy (non-hydrogen) atoms. The number of anilines is 1. The second kappa shape index (κ2) is 5.99. The Hall–Kier alpha value is -1.69. The van der Waals surface area contributed by atoms with E-state index in [9.17, 15) is 4.79 Å². The molecule has 0 bridgehead atoms. The van der Waals surface area contributed by atoms with Gasteiger partial charge in [0.15, 0.2) is 0 Å². The van der Waals surface area contributed by atoms with Crippen molar-refractivity contribution in [3.05, 3.63) is 16.3 Å². The van der Waals surface area contributed by atoms with Crippen LogP contribution in [0.4, 0.5) is 5.82 Å². The Balaban J connectivity index is 1.74. The lowest BCUT2D eigenvalue weighted by Gasteiger charge is -2.32. The number of fused-ring (bicyclic) bond motifs is 3. The molecule has 1 fully saturated rings. The molecule has 1 aliphatic carbocycles. The van der Waals surface area contributed by atoms with Gasteiger partial charge in [-0.25, -0.2) is 9.97 Å². The van der Waals surface area contributed by atoms with Gasteiger partial charge in [-0.05, 0) is 50.5 Å². The number of carbonyl (C=O) groups excluding carboxylic acids is 1. The number of piperidine rings is 1. The van der Waals surface area contributed by atoms with Crippen LogP contribution in [0.25, 0.3) is 10.2 Å². The fourth-order valence-electron chi connectivity index (χ4n) is 4.03. The van der Waals surface area contributed by atoms with Crippen molar-refractivity contribution in [2.75, 3.05) is 18.0 Å². The first-order chi connectivity index (χ1) is 11.5. The van der Waals surface area contributed by atoms with E-state index in [4.69, 9.17) is 15.7 Å². The number of carbonyl (C=O) groups is 1. The molecule has 0 saturated carbocycles. The van der Waals surface area contributed by atoms with Crippen molar-refractivity contribution in [2.24, 2.45) is 17.6 Å². The van der Waals surface area contributed by atoms with E-state index < -0.39 is 0 Å². The van der Waals surface area contributed by atoms with Gasteiger partial charge < -0.3 is 10.6 Å². The molecular formula is C18H24N4OS. The predicted molar refractivity (Wildman–Crippen MR) is 97.5 cm³/mol. The fraction of sp³-hybridized carbons (Fsp3) is 0.611. The van der Waals surface area contributed by atoms with Gasteiger partial charge in [-0.3, -0.25) is 4.79 Å². The van der Waals surface area contributed by atoms with E-state index in [1.807, 2.05) is 18.3 Å². The third-order valence-electron chi connectivity index (χ3n) is 5.44. The van der Waals surface area contributed by atoms with Crippen LogP contribution in [-0.4, -0.2) is 29.0 Å². The monoisotopic (exact) mass is 344 g/mol. The highest BCUT2D eigenvalue weighted by Gasteiger charge is 2.28. The molecule has 2 N–H and O–H groups in total. The summed E-state index contributed by atoms with van der Waals surface area (Å²) in [4.78, 5) is 25.9. The zero-order valence-corrected chi connectivity index (χ0v) is 15.2. The quantitative estimate of drug-likeness (QED) is 0.909. The number of nitrogens with two attached hydrogens (primary N) is 1. The second-order valence-corrected chi connectivity index (χ2v) is 8.37. The van der Waals surface area contributed by atoms with Crippen LogP contribution in [0.2, 0.25) is 0 Å². The smallest absolute Gasteiger partial charge is 0.220 e. The van der Waals surface area contributed by atoms with Crippen molar-refractivity contribution in [3.8, 4) is 0 Å². The number of nitrogens with zero attached hydrogens (tertiary/aromatic N) is 3. The maximum absolute atomic E-state index is 11.4. The number of amides is 1. The maximum Gasteiger partial charge on any atom is 0.220 e. The Kier molecular flexibility index (Phi) is 3.95. The maximum atomic E-state index is 11.4. The largest absolute Gasteiger partial charge is 0.369 e. The van der Waals surface area contributed by atoms with Crippen LogP contribution < -0.4 is 10.6 Å². The summed E-state index contributed by atoms with van der Waals surface area (Å²) >= 11 is 1.85. The molecule has 3 heterocycles. The number of hydrogen-bond donors (Lipinski definition) is 1. The van der Waals surface area contributed by atoms with E-state index in [2.05, 4.69) is 11.8 Å². The Bertz CT molecular complexity index is 792. The van der Waals surface area contributed by atoms with Gasteiger partial charge in [-0.2, -0.15) is 0 Å². The number of hydrogen-bond acceptors (Lipinski definition) is 5. The molecule has 2 aromatic heterocycles. The fourth-order valence-corrected chi connectivity index (χ4v) is 5.45. The number of primary amides is 1. The third kappa shape index (κ3) is 2.66. The molecule has 1 atom stereocenters. The third-order valence-corrected chi connectivity index (χ3v) is 6.59. The lowest BCUT2D eigenvalue weighted by atomic mass is 9.89. The summed E-state index contributed by atoms with van der Waals surface area (Å²) in [7, 11) is 0. The average Bonchev–Trinajstić information content (AvgIpc) is 2.91. The minimum atomic E-state index is -0.166. The molecule has 6 heteroatoms. The lowest BCUT2D eigenvalue weighted by Crippen LogP contribution is -2.39. The molecule has 5 nitrogen and oxygen atoms in total. The molecule has 0 radical (unpaired) electrons. The van der Waals surface area contributed by atoms with Crippen LogP contribution in [0.5, 0.6) is 0 Å². The van der Waals surface area contributed by atoms with Gasteiger partial charge in [0, 0.05) is 23.9 Å². The van der Waals surface area contributed by atoms with E-state index in [0.29, 0.717) is 0 Å².